The van der Waals surface area contributed by atoms with E-state index in [1.165, 1.54) is 19.2 Å². The molecule has 1 amide bonds. The molecule has 0 aliphatic heterocycles. The molecule has 21 heavy (non-hydrogen) atoms. The van der Waals surface area contributed by atoms with Crippen LogP contribution in [0.4, 0.5) is 5.69 Å². The Kier molecular flexibility index (Phi) is 6.28. The Balaban J connectivity index is 2.68. The van der Waals surface area contributed by atoms with Crippen LogP contribution in [0.3, 0.4) is 0 Å². The van der Waals surface area contributed by atoms with Crippen LogP contribution in [0.2, 0.25) is 0 Å². The molecular formula is C13H16N2O6. The quantitative estimate of drug-likeness (QED) is 0.434. The topological polar surface area (TPSA) is 108 Å². The van der Waals surface area contributed by atoms with Crippen molar-refractivity contribution in [1.82, 2.24) is 5.32 Å². The molecule has 1 atom stereocenters. The lowest BCUT2D eigenvalue weighted by Gasteiger charge is -2.13. The number of methoxy groups -OCH3 is 1. The zero-order valence-electron chi connectivity index (χ0n) is 11.7. The highest BCUT2D eigenvalue weighted by atomic mass is 16.6. The molecule has 1 aromatic carbocycles. The van der Waals surface area contributed by atoms with Gasteiger partial charge in [0.1, 0.15) is 6.29 Å². The predicted molar refractivity (Wildman–Crippen MR) is 73.5 cm³/mol. The lowest BCUT2D eigenvalue weighted by atomic mass is 10.2. The van der Waals surface area contributed by atoms with E-state index in [9.17, 15) is 19.7 Å². The number of ether oxygens (including phenoxy) is 2. The van der Waals surface area contributed by atoms with Gasteiger partial charge in [0, 0.05) is 24.8 Å². The van der Waals surface area contributed by atoms with Gasteiger partial charge in [-0.3, -0.25) is 19.7 Å². The molecule has 0 fully saturated rings. The summed E-state index contributed by atoms with van der Waals surface area (Å²) in [4.78, 5) is 32.4. The molecule has 1 unspecified atom stereocenters. The van der Waals surface area contributed by atoms with Crippen LogP contribution in [-0.4, -0.2) is 43.5 Å². The summed E-state index contributed by atoms with van der Waals surface area (Å²) < 4.78 is 9.99. The molecule has 0 bridgehead atoms. The van der Waals surface area contributed by atoms with Crippen LogP contribution in [0.15, 0.2) is 18.2 Å². The van der Waals surface area contributed by atoms with Gasteiger partial charge in [-0.2, -0.15) is 0 Å². The maximum absolute atomic E-state index is 11.6. The zero-order valence-corrected chi connectivity index (χ0v) is 11.7. The fourth-order valence-corrected chi connectivity index (χ4v) is 1.62. The van der Waals surface area contributed by atoms with Gasteiger partial charge in [-0.15, -0.1) is 0 Å². The maximum Gasteiger partial charge on any atom is 0.311 e. The first-order chi connectivity index (χ1) is 9.97. The van der Waals surface area contributed by atoms with Crippen molar-refractivity contribution in [1.29, 1.82) is 0 Å². The summed E-state index contributed by atoms with van der Waals surface area (Å²) in [5, 5.41) is 13.5. The number of hydrogen-bond acceptors (Lipinski definition) is 6. The molecule has 8 nitrogen and oxygen atoms in total. The second kappa shape index (κ2) is 7.95. The molecule has 0 aromatic heterocycles. The number of carbonyl (C=O) groups is 2. The number of aldehydes is 1. The number of hydrogen-bond donors (Lipinski definition) is 1. The lowest BCUT2D eigenvalue weighted by Crippen LogP contribution is -2.38. The maximum atomic E-state index is 11.6. The van der Waals surface area contributed by atoms with Crippen molar-refractivity contribution in [3.63, 3.8) is 0 Å². The van der Waals surface area contributed by atoms with Crippen LogP contribution in [-0.2, 0) is 9.53 Å². The minimum absolute atomic E-state index is 0.0693. The molecular weight excluding hydrogens is 280 g/mol. The third kappa shape index (κ3) is 5.19. The van der Waals surface area contributed by atoms with E-state index in [1.54, 1.807) is 6.92 Å². The molecule has 0 aliphatic carbocycles. The van der Waals surface area contributed by atoms with E-state index < -0.39 is 10.8 Å². The summed E-state index contributed by atoms with van der Waals surface area (Å²) in [6.07, 6.45) is 0.496. The van der Waals surface area contributed by atoms with E-state index >= 15 is 0 Å². The average Bonchev–Trinajstić information content (AvgIpc) is 2.45. The second-order valence-electron chi connectivity index (χ2n) is 4.31. The third-order valence-corrected chi connectivity index (χ3v) is 2.50. The first-order valence-corrected chi connectivity index (χ1v) is 6.12. The van der Waals surface area contributed by atoms with Gasteiger partial charge in [0.2, 0.25) is 0 Å². The number of carbonyl (C=O) groups excluding carboxylic acids is 2. The fraction of sp³-hybridized carbons (Fsp3) is 0.385. The summed E-state index contributed by atoms with van der Waals surface area (Å²) in [5.74, 6) is -0.492. The monoisotopic (exact) mass is 296 g/mol. The number of nitro benzene ring substituents is 1. The Hall–Kier alpha value is -2.48. The van der Waals surface area contributed by atoms with Crippen molar-refractivity contribution in [3.05, 3.63) is 33.9 Å². The number of nitro groups is 1. The van der Waals surface area contributed by atoms with Gasteiger partial charge in [-0.1, -0.05) is 0 Å². The van der Waals surface area contributed by atoms with E-state index in [0.717, 1.165) is 6.07 Å². The molecule has 8 heteroatoms. The van der Waals surface area contributed by atoms with Crippen molar-refractivity contribution in [2.24, 2.45) is 0 Å². The van der Waals surface area contributed by atoms with Gasteiger partial charge >= 0.3 is 5.69 Å². The van der Waals surface area contributed by atoms with Gasteiger partial charge in [-0.05, 0) is 19.1 Å². The summed E-state index contributed by atoms with van der Waals surface area (Å²) in [7, 11) is 1.51. The SMILES string of the molecule is COCC(C)NC(=O)COc1ccc(C=O)cc1[N+](=O)[O-]. The van der Waals surface area contributed by atoms with E-state index in [-0.39, 0.29) is 29.6 Å². The number of benzene rings is 1. The van der Waals surface area contributed by atoms with Crippen molar-refractivity contribution >= 4 is 17.9 Å². The Bertz CT molecular complexity index is 531. The van der Waals surface area contributed by atoms with Gasteiger partial charge in [-0.25, -0.2) is 0 Å². The number of nitrogens with one attached hydrogen (secondary N) is 1. The minimum atomic E-state index is -0.673. The molecule has 1 aromatic rings. The Morgan fingerprint density at radius 3 is 2.81 bits per heavy atom. The summed E-state index contributed by atoms with van der Waals surface area (Å²) in [6.45, 7) is 1.73. The Morgan fingerprint density at radius 1 is 1.52 bits per heavy atom. The zero-order chi connectivity index (χ0) is 15.8. The van der Waals surface area contributed by atoms with Gasteiger partial charge < -0.3 is 14.8 Å². The number of rotatable bonds is 8. The smallest absolute Gasteiger partial charge is 0.311 e. The van der Waals surface area contributed by atoms with Gasteiger partial charge in [0.15, 0.2) is 12.4 Å². The van der Waals surface area contributed by atoms with Crippen molar-refractivity contribution < 1.29 is 24.0 Å². The molecule has 0 heterocycles. The van der Waals surface area contributed by atoms with E-state index in [0.29, 0.717) is 12.9 Å². The van der Waals surface area contributed by atoms with Crippen molar-refractivity contribution in [2.75, 3.05) is 20.3 Å². The molecule has 0 aliphatic rings. The van der Waals surface area contributed by atoms with Gasteiger partial charge in [0.05, 0.1) is 11.5 Å². The summed E-state index contributed by atoms with van der Waals surface area (Å²) in [6, 6.07) is 3.56. The van der Waals surface area contributed by atoms with E-state index in [1.807, 2.05) is 0 Å². The Labute approximate surface area is 121 Å². The van der Waals surface area contributed by atoms with Gasteiger partial charge in [0.25, 0.3) is 5.91 Å². The van der Waals surface area contributed by atoms with Crippen LogP contribution in [0, 0.1) is 10.1 Å². The largest absolute Gasteiger partial charge is 0.477 e. The average molecular weight is 296 g/mol. The predicted octanol–water partition coefficient (Wildman–Crippen LogP) is 0.937. The lowest BCUT2D eigenvalue weighted by molar-refractivity contribution is -0.385. The standard InChI is InChI=1S/C13H16N2O6/c1-9(7-20-2)14-13(17)8-21-12-4-3-10(6-16)5-11(12)15(18)19/h3-6,9H,7-8H2,1-2H3,(H,14,17). The van der Waals surface area contributed by atoms with Crippen LogP contribution in [0.25, 0.3) is 0 Å². The molecule has 114 valence electrons. The normalized spacial score (nSPS) is 11.5. The van der Waals surface area contributed by atoms with E-state index in [4.69, 9.17) is 9.47 Å². The van der Waals surface area contributed by atoms with Crippen LogP contribution in [0.5, 0.6) is 5.75 Å². The second-order valence-corrected chi connectivity index (χ2v) is 4.31. The molecule has 0 spiro atoms. The molecule has 0 radical (unpaired) electrons. The van der Waals surface area contributed by atoms with Crippen LogP contribution >= 0.6 is 0 Å². The van der Waals surface area contributed by atoms with Crippen LogP contribution < -0.4 is 10.1 Å². The molecule has 0 saturated heterocycles. The molecule has 0 saturated carbocycles. The summed E-state index contributed by atoms with van der Waals surface area (Å²) in [5.41, 5.74) is -0.204. The molecule has 1 N–H and O–H groups in total. The van der Waals surface area contributed by atoms with Crippen molar-refractivity contribution in [2.45, 2.75) is 13.0 Å². The van der Waals surface area contributed by atoms with Crippen molar-refractivity contribution in [3.8, 4) is 5.75 Å². The fourth-order valence-electron chi connectivity index (χ4n) is 1.62. The van der Waals surface area contributed by atoms with E-state index in [2.05, 4.69) is 5.32 Å². The molecule has 1 rings (SSSR count). The summed E-state index contributed by atoms with van der Waals surface area (Å²) >= 11 is 0. The number of nitrogens with zero attached hydrogens (tertiary/aromatic N) is 1. The first kappa shape index (κ1) is 16.6. The highest BCUT2D eigenvalue weighted by Crippen LogP contribution is 2.27. The highest BCUT2D eigenvalue weighted by molar-refractivity contribution is 5.79. The van der Waals surface area contributed by atoms with Crippen LogP contribution in [0.1, 0.15) is 17.3 Å². The Morgan fingerprint density at radius 2 is 2.24 bits per heavy atom. The highest BCUT2D eigenvalue weighted by Gasteiger charge is 2.17. The first-order valence-electron chi connectivity index (χ1n) is 6.12. The number of amides is 1. The third-order valence-electron chi connectivity index (χ3n) is 2.50. The minimum Gasteiger partial charge on any atom is -0.477 e.